The third-order valence-corrected chi connectivity index (χ3v) is 4.12. The lowest BCUT2D eigenvalue weighted by molar-refractivity contribution is -0.137. The third-order valence-electron chi connectivity index (χ3n) is 4.12. The summed E-state index contributed by atoms with van der Waals surface area (Å²) in [5, 5.41) is 0. The Morgan fingerprint density at radius 1 is 1.04 bits per heavy atom. The summed E-state index contributed by atoms with van der Waals surface area (Å²) in [6.07, 6.45) is -4.27. The van der Waals surface area contributed by atoms with Crippen LogP contribution >= 0.6 is 0 Å². The van der Waals surface area contributed by atoms with Crippen LogP contribution < -0.4 is 5.90 Å². The number of benzene rings is 2. The van der Waals surface area contributed by atoms with E-state index in [9.17, 15) is 18.0 Å². The first kappa shape index (κ1) is 16.3. The number of fused-ring (bicyclic) bond motifs is 1. The van der Waals surface area contributed by atoms with E-state index in [0.717, 1.165) is 28.8 Å². The molecule has 1 amide bonds. The molecule has 0 atom stereocenters. The number of hydrogen-bond donors (Lipinski definition) is 1. The van der Waals surface area contributed by atoms with Crippen molar-refractivity contribution in [2.75, 3.05) is 6.54 Å². The minimum atomic E-state index is -4.35. The van der Waals surface area contributed by atoms with Gasteiger partial charge in [-0.3, -0.25) is 0 Å². The van der Waals surface area contributed by atoms with Crippen LogP contribution in [0.25, 0.3) is 11.1 Å². The zero-order valence-electron chi connectivity index (χ0n) is 12.6. The second kappa shape index (κ2) is 6.16. The number of rotatable bonds is 1. The fourth-order valence-electron chi connectivity index (χ4n) is 2.82. The summed E-state index contributed by atoms with van der Waals surface area (Å²) < 4.78 is 37.9. The van der Waals surface area contributed by atoms with Crippen LogP contribution in [0.2, 0.25) is 0 Å². The molecule has 0 unspecified atom stereocenters. The average molecular weight is 336 g/mol. The maximum atomic E-state index is 12.6. The molecule has 1 aliphatic rings. The monoisotopic (exact) mass is 336 g/mol. The van der Waals surface area contributed by atoms with Gasteiger partial charge in [0.2, 0.25) is 0 Å². The average Bonchev–Trinajstić information content (AvgIpc) is 2.59. The molecule has 0 bridgehead atoms. The molecule has 0 aromatic heterocycles. The number of nitrogens with two attached hydrogens (primary N) is 1. The highest BCUT2D eigenvalue weighted by molar-refractivity contribution is 5.69. The number of nitrogens with zero attached hydrogens (tertiary/aromatic N) is 1. The Kier molecular flexibility index (Phi) is 4.19. The highest BCUT2D eigenvalue weighted by atomic mass is 19.4. The van der Waals surface area contributed by atoms with Gasteiger partial charge in [0.05, 0.1) is 5.56 Å². The van der Waals surface area contributed by atoms with Crippen LogP contribution in [0.1, 0.15) is 16.7 Å². The molecule has 24 heavy (non-hydrogen) atoms. The molecule has 0 saturated heterocycles. The van der Waals surface area contributed by atoms with E-state index in [2.05, 4.69) is 4.84 Å². The van der Waals surface area contributed by atoms with Gasteiger partial charge in [0.25, 0.3) is 0 Å². The van der Waals surface area contributed by atoms with Crippen LogP contribution in [0.15, 0.2) is 42.5 Å². The molecule has 3 rings (SSSR count). The van der Waals surface area contributed by atoms with Crippen LogP contribution in [0.3, 0.4) is 0 Å². The molecule has 4 nitrogen and oxygen atoms in total. The van der Waals surface area contributed by atoms with Crippen LogP contribution in [-0.4, -0.2) is 17.5 Å². The molecular formula is C17H15F3N2O2. The number of carbonyl (C=O) groups excluding carboxylic acids is 1. The Morgan fingerprint density at radius 2 is 1.71 bits per heavy atom. The molecule has 0 spiro atoms. The van der Waals surface area contributed by atoms with Crippen molar-refractivity contribution in [1.29, 1.82) is 0 Å². The standard InChI is InChI=1S/C17H15F3N2O2/c18-17(19,20)15-5-3-11(4-6-15)13-2-1-12-7-8-22(16(23)24-21)10-14(12)9-13/h1-6,9H,7-8,10,21H2. The minimum absolute atomic E-state index is 0.361. The molecule has 2 N–H and O–H groups in total. The van der Waals surface area contributed by atoms with Gasteiger partial charge in [-0.05, 0) is 46.9 Å². The van der Waals surface area contributed by atoms with Crippen molar-refractivity contribution in [3.8, 4) is 11.1 Å². The number of halogens is 3. The Hall–Kier alpha value is -2.54. The van der Waals surface area contributed by atoms with Gasteiger partial charge in [0, 0.05) is 13.1 Å². The van der Waals surface area contributed by atoms with E-state index in [0.29, 0.717) is 25.1 Å². The van der Waals surface area contributed by atoms with Crippen molar-refractivity contribution in [1.82, 2.24) is 4.90 Å². The van der Waals surface area contributed by atoms with E-state index in [4.69, 9.17) is 5.90 Å². The fraction of sp³-hybridized carbons (Fsp3) is 0.235. The van der Waals surface area contributed by atoms with Gasteiger partial charge in [-0.15, -0.1) is 0 Å². The summed E-state index contributed by atoms with van der Waals surface area (Å²) in [5.74, 6) is 4.91. The van der Waals surface area contributed by atoms with Gasteiger partial charge in [0.1, 0.15) is 0 Å². The zero-order valence-corrected chi connectivity index (χ0v) is 12.6. The third kappa shape index (κ3) is 3.21. The zero-order chi connectivity index (χ0) is 17.3. The lowest BCUT2D eigenvalue weighted by Gasteiger charge is -2.27. The lowest BCUT2D eigenvalue weighted by Crippen LogP contribution is -2.37. The second-order valence-electron chi connectivity index (χ2n) is 5.61. The van der Waals surface area contributed by atoms with Gasteiger partial charge in [-0.2, -0.15) is 19.1 Å². The van der Waals surface area contributed by atoms with Crippen molar-refractivity contribution in [3.05, 3.63) is 59.2 Å². The summed E-state index contributed by atoms with van der Waals surface area (Å²) in [5.41, 5.74) is 2.84. The molecule has 2 aromatic carbocycles. The largest absolute Gasteiger partial charge is 0.428 e. The number of carbonyl (C=O) groups is 1. The van der Waals surface area contributed by atoms with Crippen molar-refractivity contribution >= 4 is 6.09 Å². The van der Waals surface area contributed by atoms with Crippen molar-refractivity contribution in [3.63, 3.8) is 0 Å². The maximum Gasteiger partial charge on any atom is 0.428 e. The van der Waals surface area contributed by atoms with Gasteiger partial charge in [-0.25, -0.2) is 4.79 Å². The summed E-state index contributed by atoms with van der Waals surface area (Å²) in [6.45, 7) is 0.877. The molecule has 0 fully saturated rings. The van der Waals surface area contributed by atoms with E-state index in [-0.39, 0.29) is 0 Å². The molecule has 7 heteroatoms. The molecule has 0 saturated carbocycles. The van der Waals surface area contributed by atoms with Crippen LogP contribution in [0.5, 0.6) is 0 Å². The normalized spacial score (nSPS) is 14.2. The molecular weight excluding hydrogens is 321 g/mol. The number of amides is 1. The van der Waals surface area contributed by atoms with E-state index in [1.54, 1.807) is 0 Å². The van der Waals surface area contributed by atoms with Crippen LogP contribution in [-0.2, 0) is 24.0 Å². The van der Waals surface area contributed by atoms with Crippen molar-refractivity contribution < 1.29 is 22.8 Å². The smallest absolute Gasteiger partial charge is 0.357 e. The van der Waals surface area contributed by atoms with Gasteiger partial charge in [0.15, 0.2) is 0 Å². The molecule has 1 heterocycles. The van der Waals surface area contributed by atoms with Crippen molar-refractivity contribution in [2.45, 2.75) is 19.1 Å². The Labute approximate surface area is 136 Å². The highest BCUT2D eigenvalue weighted by Gasteiger charge is 2.30. The van der Waals surface area contributed by atoms with Crippen LogP contribution in [0.4, 0.5) is 18.0 Å². The molecule has 0 radical (unpaired) electrons. The first-order valence-corrected chi connectivity index (χ1v) is 7.33. The lowest BCUT2D eigenvalue weighted by atomic mass is 9.94. The van der Waals surface area contributed by atoms with Gasteiger partial charge >= 0.3 is 12.3 Å². The van der Waals surface area contributed by atoms with E-state index in [1.165, 1.54) is 17.0 Å². The van der Waals surface area contributed by atoms with Crippen LogP contribution in [0, 0.1) is 0 Å². The molecule has 126 valence electrons. The number of alkyl halides is 3. The first-order chi connectivity index (χ1) is 11.4. The summed E-state index contributed by atoms with van der Waals surface area (Å²) in [7, 11) is 0. The fourth-order valence-corrected chi connectivity index (χ4v) is 2.82. The quantitative estimate of drug-likeness (QED) is 0.807. The molecule has 1 aliphatic heterocycles. The SMILES string of the molecule is NOC(=O)N1CCc2ccc(-c3ccc(C(F)(F)F)cc3)cc2C1. The van der Waals surface area contributed by atoms with Gasteiger partial charge < -0.3 is 9.74 Å². The molecule has 2 aromatic rings. The Morgan fingerprint density at radius 3 is 2.33 bits per heavy atom. The topological polar surface area (TPSA) is 55.6 Å². The molecule has 0 aliphatic carbocycles. The van der Waals surface area contributed by atoms with E-state index in [1.807, 2.05) is 18.2 Å². The van der Waals surface area contributed by atoms with E-state index < -0.39 is 17.8 Å². The van der Waals surface area contributed by atoms with Gasteiger partial charge in [-0.1, -0.05) is 24.3 Å². The van der Waals surface area contributed by atoms with Crippen molar-refractivity contribution in [2.24, 2.45) is 5.90 Å². The second-order valence-corrected chi connectivity index (χ2v) is 5.61. The van der Waals surface area contributed by atoms with E-state index >= 15 is 0 Å². The summed E-state index contributed by atoms with van der Waals surface area (Å²) >= 11 is 0. The number of hydrogen-bond acceptors (Lipinski definition) is 3. The maximum absolute atomic E-state index is 12.6. The predicted molar refractivity (Wildman–Crippen MR) is 81.7 cm³/mol. The first-order valence-electron chi connectivity index (χ1n) is 7.33. The minimum Gasteiger partial charge on any atom is -0.357 e. The highest BCUT2D eigenvalue weighted by Crippen LogP contribution is 2.32. The Balaban J connectivity index is 1.87. The Bertz CT molecular complexity index is 757. The summed E-state index contributed by atoms with van der Waals surface area (Å²) in [4.78, 5) is 17.3. The predicted octanol–water partition coefficient (Wildman–Crippen LogP) is 3.74. The summed E-state index contributed by atoms with van der Waals surface area (Å²) in [6, 6.07) is 10.7.